The molecule has 0 aromatic carbocycles. The van der Waals surface area contributed by atoms with Crippen LogP contribution in [-0.2, 0) is 4.74 Å². The number of allylic oxidation sites excluding steroid dienone is 8. The van der Waals surface area contributed by atoms with Gasteiger partial charge in [0.25, 0.3) is 0 Å². The van der Waals surface area contributed by atoms with Crippen LogP contribution in [0.15, 0.2) is 48.6 Å². The van der Waals surface area contributed by atoms with Crippen LogP contribution in [0.1, 0.15) is 174 Å². The Kier molecular flexibility index (Phi) is 28.7. The molecule has 1 saturated heterocycles. The first-order valence-electron chi connectivity index (χ1n) is 19.1. The first kappa shape index (κ1) is 39.9. The third-order valence-electron chi connectivity index (χ3n) is 9.02. The van der Waals surface area contributed by atoms with Crippen molar-refractivity contribution < 1.29 is 4.74 Å². The van der Waals surface area contributed by atoms with Gasteiger partial charge in [-0.2, -0.15) is 0 Å². The third-order valence-corrected chi connectivity index (χ3v) is 9.02. The second kappa shape index (κ2) is 30.9. The fraction of sp³-hybridized carbons (Fsp3) is 0.805. The van der Waals surface area contributed by atoms with Crippen molar-refractivity contribution in [2.45, 2.75) is 174 Å². The first-order valence-corrected chi connectivity index (χ1v) is 19.1. The standard InChI is InChI=1S/C41H75NO/c1-4-6-8-10-12-14-16-18-20-22-24-26-28-30-32-34-36-41(38-42(3)39-41)40-43-37-35-33-31-29-27-25-23-21-19-17-15-13-11-9-7-5-2/h12-15,18-21H,4-11,16-17,22-40H2,1-3H3. The molecule has 0 aliphatic carbocycles. The van der Waals surface area contributed by atoms with Gasteiger partial charge in [0.2, 0.25) is 0 Å². The largest absolute Gasteiger partial charge is 0.381 e. The van der Waals surface area contributed by atoms with E-state index in [0.29, 0.717) is 5.41 Å². The normalized spacial score (nSPS) is 15.6. The molecule has 1 rings (SSSR count). The molecule has 0 aromatic rings. The van der Waals surface area contributed by atoms with Gasteiger partial charge in [-0.3, -0.25) is 0 Å². The Morgan fingerprint density at radius 2 is 0.884 bits per heavy atom. The molecule has 1 aliphatic rings. The molecule has 250 valence electrons. The Hall–Kier alpha value is -1.12. The fourth-order valence-corrected chi connectivity index (χ4v) is 6.39. The summed E-state index contributed by atoms with van der Waals surface area (Å²) >= 11 is 0. The second-order valence-corrected chi connectivity index (χ2v) is 13.6. The van der Waals surface area contributed by atoms with E-state index in [4.69, 9.17) is 4.74 Å². The molecule has 0 atom stereocenters. The highest BCUT2D eigenvalue weighted by atomic mass is 16.5. The van der Waals surface area contributed by atoms with Crippen LogP contribution < -0.4 is 0 Å². The van der Waals surface area contributed by atoms with Crippen LogP contribution in [0.2, 0.25) is 0 Å². The molecule has 0 N–H and O–H groups in total. The fourth-order valence-electron chi connectivity index (χ4n) is 6.39. The molecular weight excluding hydrogens is 522 g/mol. The molecule has 1 fully saturated rings. The van der Waals surface area contributed by atoms with E-state index in [1.54, 1.807) is 0 Å². The van der Waals surface area contributed by atoms with Crippen molar-refractivity contribution in [1.82, 2.24) is 4.90 Å². The van der Waals surface area contributed by atoms with Crippen LogP contribution in [0.3, 0.4) is 0 Å². The highest BCUT2D eigenvalue weighted by Gasteiger charge is 2.40. The van der Waals surface area contributed by atoms with E-state index in [1.807, 2.05) is 0 Å². The van der Waals surface area contributed by atoms with Gasteiger partial charge >= 0.3 is 0 Å². The van der Waals surface area contributed by atoms with Gasteiger partial charge in [-0.25, -0.2) is 0 Å². The van der Waals surface area contributed by atoms with E-state index < -0.39 is 0 Å². The van der Waals surface area contributed by atoms with E-state index in [1.165, 1.54) is 161 Å². The van der Waals surface area contributed by atoms with Gasteiger partial charge in [-0.1, -0.05) is 146 Å². The van der Waals surface area contributed by atoms with E-state index in [0.717, 1.165) is 26.1 Å². The van der Waals surface area contributed by atoms with Crippen LogP contribution in [0.4, 0.5) is 0 Å². The quantitative estimate of drug-likeness (QED) is 0.0565. The molecule has 0 aromatic heterocycles. The summed E-state index contributed by atoms with van der Waals surface area (Å²) in [6, 6.07) is 0. The molecule has 43 heavy (non-hydrogen) atoms. The van der Waals surface area contributed by atoms with E-state index in [-0.39, 0.29) is 0 Å². The monoisotopic (exact) mass is 598 g/mol. The molecule has 0 saturated carbocycles. The van der Waals surface area contributed by atoms with Crippen LogP contribution in [-0.4, -0.2) is 38.3 Å². The molecule has 0 bridgehead atoms. The maximum absolute atomic E-state index is 6.24. The van der Waals surface area contributed by atoms with E-state index in [9.17, 15) is 0 Å². The summed E-state index contributed by atoms with van der Waals surface area (Å²) in [6.07, 6.45) is 51.9. The molecular formula is C41H75NO. The van der Waals surface area contributed by atoms with Crippen molar-refractivity contribution in [3.8, 4) is 0 Å². The third kappa shape index (κ3) is 25.9. The smallest absolute Gasteiger partial charge is 0.0546 e. The summed E-state index contributed by atoms with van der Waals surface area (Å²) in [5.74, 6) is 0. The van der Waals surface area contributed by atoms with Crippen LogP contribution >= 0.6 is 0 Å². The van der Waals surface area contributed by atoms with Crippen LogP contribution in [0, 0.1) is 5.41 Å². The topological polar surface area (TPSA) is 12.5 Å². The Labute approximate surface area is 270 Å². The van der Waals surface area contributed by atoms with Gasteiger partial charge in [0, 0.05) is 25.1 Å². The zero-order valence-electron chi connectivity index (χ0n) is 29.5. The van der Waals surface area contributed by atoms with Crippen LogP contribution in [0.25, 0.3) is 0 Å². The lowest BCUT2D eigenvalue weighted by molar-refractivity contribution is -0.0611. The Bertz CT molecular complexity index is 684. The minimum Gasteiger partial charge on any atom is -0.381 e. The zero-order chi connectivity index (χ0) is 30.9. The second-order valence-electron chi connectivity index (χ2n) is 13.6. The Morgan fingerprint density at radius 1 is 0.488 bits per heavy atom. The maximum Gasteiger partial charge on any atom is 0.0546 e. The summed E-state index contributed by atoms with van der Waals surface area (Å²) < 4.78 is 6.24. The highest BCUT2D eigenvalue weighted by molar-refractivity contribution is 4.94. The minimum atomic E-state index is 0.447. The molecule has 0 amide bonds. The summed E-state index contributed by atoms with van der Waals surface area (Å²) in [6.45, 7) is 8.95. The molecule has 0 radical (unpaired) electrons. The Morgan fingerprint density at radius 3 is 1.33 bits per heavy atom. The van der Waals surface area contributed by atoms with Gasteiger partial charge in [0.1, 0.15) is 0 Å². The summed E-state index contributed by atoms with van der Waals surface area (Å²) in [5, 5.41) is 0. The molecule has 0 unspecified atom stereocenters. The molecule has 2 nitrogen and oxygen atoms in total. The number of unbranched alkanes of at least 4 members (excludes halogenated alkanes) is 18. The SMILES string of the molecule is CCCCCC=CCC=CCCCCCCCCOCC1(CCCCCCCCC=CCC=CCCCCC)CN(C)C1. The van der Waals surface area contributed by atoms with E-state index in [2.05, 4.69) is 74.4 Å². The number of hydrogen-bond donors (Lipinski definition) is 0. The molecule has 2 heteroatoms. The van der Waals surface area contributed by atoms with Crippen molar-refractivity contribution >= 4 is 0 Å². The lowest BCUT2D eigenvalue weighted by atomic mass is 9.76. The van der Waals surface area contributed by atoms with Crippen molar-refractivity contribution in [1.29, 1.82) is 0 Å². The summed E-state index contributed by atoms with van der Waals surface area (Å²) in [5.41, 5.74) is 0.447. The van der Waals surface area contributed by atoms with Gasteiger partial charge in [-0.15, -0.1) is 0 Å². The average Bonchev–Trinajstić information content (AvgIpc) is 2.99. The number of ether oxygens (including phenoxy) is 1. The highest BCUT2D eigenvalue weighted by Crippen LogP contribution is 2.35. The van der Waals surface area contributed by atoms with Crippen LogP contribution in [0.5, 0.6) is 0 Å². The summed E-state index contributed by atoms with van der Waals surface area (Å²) in [7, 11) is 2.26. The predicted octanol–water partition coefficient (Wildman–Crippen LogP) is 13.0. The van der Waals surface area contributed by atoms with Crippen molar-refractivity contribution in [2.75, 3.05) is 33.4 Å². The summed E-state index contributed by atoms with van der Waals surface area (Å²) in [4.78, 5) is 2.47. The number of rotatable bonds is 32. The molecule has 1 heterocycles. The van der Waals surface area contributed by atoms with Crippen molar-refractivity contribution in [3.05, 3.63) is 48.6 Å². The first-order chi connectivity index (χ1) is 21.2. The molecule has 1 aliphatic heterocycles. The van der Waals surface area contributed by atoms with Gasteiger partial charge in [0.15, 0.2) is 0 Å². The van der Waals surface area contributed by atoms with Gasteiger partial charge in [-0.05, 0) is 84.1 Å². The van der Waals surface area contributed by atoms with Gasteiger partial charge < -0.3 is 9.64 Å². The zero-order valence-corrected chi connectivity index (χ0v) is 29.5. The lowest BCUT2D eigenvalue weighted by Crippen LogP contribution is -2.56. The number of likely N-dealkylation sites (tertiary alicyclic amines) is 1. The maximum atomic E-state index is 6.24. The molecule has 0 spiro atoms. The number of hydrogen-bond acceptors (Lipinski definition) is 2. The lowest BCUT2D eigenvalue weighted by Gasteiger charge is -2.48. The van der Waals surface area contributed by atoms with Crippen molar-refractivity contribution in [3.63, 3.8) is 0 Å². The Balaban J connectivity index is 1.90. The van der Waals surface area contributed by atoms with Crippen molar-refractivity contribution in [2.24, 2.45) is 5.41 Å². The minimum absolute atomic E-state index is 0.447. The number of nitrogens with zero attached hydrogens (tertiary/aromatic N) is 1. The average molecular weight is 598 g/mol. The predicted molar refractivity (Wildman–Crippen MR) is 194 cm³/mol. The van der Waals surface area contributed by atoms with E-state index >= 15 is 0 Å². The van der Waals surface area contributed by atoms with Gasteiger partial charge in [0.05, 0.1) is 6.61 Å².